The van der Waals surface area contributed by atoms with E-state index in [2.05, 4.69) is 10.4 Å². The van der Waals surface area contributed by atoms with Crippen LogP contribution in [0.25, 0.3) is 22.6 Å². The van der Waals surface area contributed by atoms with Crippen molar-refractivity contribution >= 4 is 57.7 Å². The molecule has 2 aliphatic heterocycles. The lowest BCUT2D eigenvalue weighted by molar-refractivity contribution is -0.138. The topological polar surface area (TPSA) is 133 Å². The fourth-order valence-corrected chi connectivity index (χ4v) is 9.86. The number of hydrazine groups is 1. The number of rotatable bonds is 6. The highest BCUT2D eigenvalue weighted by Gasteiger charge is 2.70. The summed E-state index contributed by atoms with van der Waals surface area (Å²) in [6.45, 7) is 0. The SMILES string of the molecule is O=C1[C@@H]2C[C@@H]3C(=CC[C@@H]4C(=O)N(c5ccc(-c6nc7ccccc7o6)cc5)C(=O)[C@@H]43)[C@H](c3ccccc3O)[C@]2(c2ccc(Cl)cc2)C(=O)N1Nc1ccc(F)cc1. The van der Waals surface area contributed by atoms with Crippen molar-refractivity contribution in [3.8, 4) is 17.2 Å². The summed E-state index contributed by atoms with van der Waals surface area (Å²) in [4.78, 5) is 64.8. The molecule has 0 bridgehead atoms. The minimum Gasteiger partial charge on any atom is -0.508 e. The molecule has 57 heavy (non-hydrogen) atoms. The Balaban J connectivity index is 1.07. The van der Waals surface area contributed by atoms with Crippen LogP contribution in [0.5, 0.6) is 5.75 Å². The average molecular weight is 779 g/mol. The van der Waals surface area contributed by atoms with E-state index in [1.807, 2.05) is 30.3 Å². The van der Waals surface area contributed by atoms with Crippen molar-refractivity contribution in [3.05, 3.63) is 155 Å². The van der Waals surface area contributed by atoms with Gasteiger partial charge in [-0.3, -0.25) is 29.5 Å². The Morgan fingerprint density at radius 3 is 2.26 bits per heavy atom. The Hall–Kier alpha value is -6.59. The van der Waals surface area contributed by atoms with E-state index in [1.165, 1.54) is 35.2 Å². The molecule has 2 N–H and O–H groups in total. The number of hydrogen-bond acceptors (Lipinski definition) is 8. The molecule has 282 valence electrons. The first-order valence-electron chi connectivity index (χ1n) is 18.6. The number of imide groups is 2. The number of amides is 4. The number of benzene rings is 5. The van der Waals surface area contributed by atoms with Gasteiger partial charge in [-0.2, -0.15) is 5.01 Å². The molecule has 0 spiro atoms. The minimum absolute atomic E-state index is 0.0649. The molecule has 6 atom stereocenters. The molecule has 6 aromatic rings. The van der Waals surface area contributed by atoms with Gasteiger partial charge in [-0.15, -0.1) is 0 Å². The van der Waals surface area contributed by atoms with Crippen molar-refractivity contribution in [3.63, 3.8) is 0 Å². The highest BCUT2D eigenvalue weighted by Crippen LogP contribution is 2.65. The molecule has 2 aliphatic carbocycles. The van der Waals surface area contributed by atoms with Crippen molar-refractivity contribution in [1.82, 2.24) is 9.99 Å². The van der Waals surface area contributed by atoms with Gasteiger partial charge in [-0.1, -0.05) is 65.7 Å². The second kappa shape index (κ2) is 13.0. The number of hydrogen-bond donors (Lipinski definition) is 2. The third-order valence-electron chi connectivity index (χ3n) is 12.2. The number of nitrogens with one attached hydrogen (secondary N) is 1. The molecule has 12 heteroatoms. The largest absolute Gasteiger partial charge is 0.508 e. The van der Waals surface area contributed by atoms with Gasteiger partial charge in [-0.05, 0) is 103 Å². The molecule has 4 amide bonds. The number of para-hydroxylation sites is 3. The van der Waals surface area contributed by atoms with Crippen LogP contribution in [0.4, 0.5) is 15.8 Å². The molecule has 4 aliphatic rings. The number of carbonyl (C=O) groups excluding carboxylic acids is 4. The van der Waals surface area contributed by atoms with Gasteiger partial charge < -0.3 is 9.52 Å². The molecule has 10 nitrogen and oxygen atoms in total. The number of phenols is 1. The highest BCUT2D eigenvalue weighted by molar-refractivity contribution is 6.30. The number of carbonyl (C=O) groups is 4. The zero-order chi connectivity index (χ0) is 39.2. The Morgan fingerprint density at radius 1 is 0.807 bits per heavy atom. The van der Waals surface area contributed by atoms with Gasteiger partial charge in [0, 0.05) is 22.1 Å². The molecule has 2 saturated heterocycles. The van der Waals surface area contributed by atoms with Gasteiger partial charge in [0.25, 0.3) is 11.8 Å². The number of phenolic OH excluding ortho intramolecular Hbond substituents is 1. The molecular formula is C45H32ClFN4O6. The van der Waals surface area contributed by atoms with Gasteiger partial charge in [-0.25, -0.2) is 9.37 Å². The monoisotopic (exact) mass is 778 g/mol. The fourth-order valence-electron chi connectivity index (χ4n) is 9.73. The number of anilines is 2. The Kier molecular flexibility index (Phi) is 7.95. The third kappa shape index (κ3) is 5.18. The zero-order valence-electron chi connectivity index (χ0n) is 30.0. The van der Waals surface area contributed by atoms with Gasteiger partial charge >= 0.3 is 0 Å². The number of aromatic nitrogens is 1. The average Bonchev–Trinajstić information content (AvgIpc) is 3.84. The predicted octanol–water partition coefficient (Wildman–Crippen LogP) is 8.18. The van der Waals surface area contributed by atoms with Crippen LogP contribution < -0.4 is 10.3 Å². The Labute approximate surface area is 330 Å². The Bertz CT molecular complexity index is 2650. The molecule has 3 heterocycles. The molecule has 10 rings (SSSR count). The fraction of sp³-hybridized carbons (Fsp3) is 0.178. The van der Waals surface area contributed by atoms with E-state index in [0.717, 1.165) is 5.01 Å². The van der Waals surface area contributed by atoms with Crippen LogP contribution in [0.15, 0.2) is 137 Å². The number of fused-ring (bicyclic) bond motifs is 5. The van der Waals surface area contributed by atoms with E-state index in [4.69, 9.17) is 16.0 Å². The van der Waals surface area contributed by atoms with Crippen LogP contribution in [0.2, 0.25) is 5.02 Å². The molecular weight excluding hydrogens is 747 g/mol. The van der Waals surface area contributed by atoms with E-state index in [9.17, 15) is 23.9 Å². The van der Waals surface area contributed by atoms with Gasteiger partial charge in [0.2, 0.25) is 17.7 Å². The normalized spacial score (nSPS) is 25.4. The smallest absolute Gasteiger partial charge is 0.260 e. The van der Waals surface area contributed by atoms with Crippen LogP contribution in [-0.2, 0) is 24.6 Å². The zero-order valence-corrected chi connectivity index (χ0v) is 30.8. The number of nitrogens with zero attached hydrogens (tertiary/aromatic N) is 3. The van der Waals surface area contributed by atoms with Crippen molar-refractivity contribution in [2.45, 2.75) is 24.2 Å². The maximum Gasteiger partial charge on any atom is 0.260 e. The van der Waals surface area contributed by atoms with E-state index in [-0.39, 0.29) is 24.5 Å². The van der Waals surface area contributed by atoms with Crippen LogP contribution in [0, 0.1) is 29.5 Å². The minimum atomic E-state index is -1.60. The molecule has 1 aromatic heterocycles. The highest BCUT2D eigenvalue weighted by atomic mass is 35.5. The maximum atomic E-state index is 15.2. The number of aromatic hydroxyl groups is 1. The van der Waals surface area contributed by atoms with Crippen molar-refractivity contribution in [2.75, 3.05) is 10.3 Å². The summed E-state index contributed by atoms with van der Waals surface area (Å²) in [5.74, 6) is -6.20. The van der Waals surface area contributed by atoms with Crippen LogP contribution in [0.1, 0.15) is 29.9 Å². The third-order valence-corrected chi connectivity index (χ3v) is 12.4. The second-order valence-corrected chi connectivity index (χ2v) is 15.4. The van der Waals surface area contributed by atoms with Crippen molar-refractivity contribution < 1.29 is 33.1 Å². The summed E-state index contributed by atoms with van der Waals surface area (Å²) in [6, 6.07) is 33.0. The summed E-state index contributed by atoms with van der Waals surface area (Å²) in [6.07, 6.45) is 2.20. The standard InChI is InChI=1S/C45H32ClFN4O6/c46-26-13-11-25(12-14-26)45-34(42(54)51(44(45)56)49-28-17-15-27(47)16-18-28)23-33-30(39(45)31-5-1-3-7-36(31)52)21-22-32-38(33)43(55)50(41(32)53)29-19-9-24(10-20-29)40-48-35-6-2-4-8-37(35)57-40/h1-21,32-34,38-39,49,52H,22-23H2/t32-,33+,34-,38-,39+,45+/m0/s1. The van der Waals surface area contributed by atoms with E-state index >= 15 is 4.79 Å². The second-order valence-electron chi connectivity index (χ2n) is 15.0. The molecule has 1 saturated carbocycles. The summed E-state index contributed by atoms with van der Waals surface area (Å²) in [5.41, 5.74) is 5.66. The van der Waals surface area contributed by atoms with Gasteiger partial charge in [0.1, 0.15) is 17.1 Å². The van der Waals surface area contributed by atoms with Crippen LogP contribution in [0.3, 0.4) is 0 Å². The summed E-state index contributed by atoms with van der Waals surface area (Å²) in [7, 11) is 0. The lowest BCUT2D eigenvalue weighted by atomic mass is 9.49. The molecule has 5 aromatic carbocycles. The summed E-state index contributed by atoms with van der Waals surface area (Å²) < 4.78 is 19.8. The van der Waals surface area contributed by atoms with Crippen molar-refractivity contribution in [2.24, 2.45) is 23.7 Å². The summed E-state index contributed by atoms with van der Waals surface area (Å²) in [5, 5.41) is 12.9. The van der Waals surface area contributed by atoms with Gasteiger partial charge in [0.15, 0.2) is 5.58 Å². The van der Waals surface area contributed by atoms with E-state index in [1.54, 1.807) is 66.7 Å². The maximum absolute atomic E-state index is 15.2. The molecule has 0 unspecified atom stereocenters. The van der Waals surface area contributed by atoms with Crippen LogP contribution in [-0.4, -0.2) is 38.7 Å². The Morgan fingerprint density at radius 2 is 1.53 bits per heavy atom. The first kappa shape index (κ1) is 34.9. The molecule has 0 radical (unpaired) electrons. The first-order chi connectivity index (χ1) is 27.6. The van der Waals surface area contributed by atoms with E-state index < -0.39 is 58.5 Å². The molecule has 3 fully saturated rings. The lowest BCUT2D eigenvalue weighted by Crippen LogP contribution is -2.53. The predicted molar refractivity (Wildman–Crippen MR) is 209 cm³/mol. The quantitative estimate of drug-likeness (QED) is 0.128. The number of oxazole rings is 1. The lowest BCUT2D eigenvalue weighted by Gasteiger charge is -2.50. The van der Waals surface area contributed by atoms with Gasteiger partial charge in [0.05, 0.1) is 34.5 Å². The number of allylic oxidation sites excluding steroid dienone is 2. The van der Waals surface area contributed by atoms with Crippen LogP contribution >= 0.6 is 11.6 Å². The van der Waals surface area contributed by atoms with E-state index in [0.29, 0.717) is 55.7 Å². The number of halogens is 2. The summed E-state index contributed by atoms with van der Waals surface area (Å²) >= 11 is 6.37. The first-order valence-corrected chi connectivity index (χ1v) is 19.0. The van der Waals surface area contributed by atoms with Crippen molar-refractivity contribution in [1.29, 1.82) is 0 Å².